The van der Waals surface area contributed by atoms with Gasteiger partial charge in [-0.05, 0) is 37.1 Å². The van der Waals surface area contributed by atoms with Crippen LogP contribution in [0.3, 0.4) is 0 Å². The van der Waals surface area contributed by atoms with E-state index in [2.05, 4.69) is 47.1 Å². The molecule has 0 aliphatic carbocycles. The average molecular weight is 323 g/mol. The summed E-state index contributed by atoms with van der Waals surface area (Å²) in [7, 11) is 0. The van der Waals surface area contributed by atoms with Crippen LogP contribution in [0.25, 0.3) is 0 Å². The van der Waals surface area contributed by atoms with Crippen LogP contribution < -0.4 is 0 Å². The minimum absolute atomic E-state index is 0.273. The van der Waals surface area contributed by atoms with Gasteiger partial charge >= 0.3 is 0 Å². The summed E-state index contributed by atoms with van der Waals surface area (Å²) in [6.07, 6.45) is 1.75. The molecule has 1 heterocycles. The van der Waals surface area contributed by atoms with Crippen molar-refractivity contribution < 1.29 is 5.11 Å². The van der Waals surface area contributed by atoms with Crippen LogP contribution in [0.5, 0.6) is 5.75 Å². The molecule has 3 rings (SSSR count). The van der Waals surface area contributed by atoms with Crippen molar-refractivity contribution in [3.05, 3.63) is 64.7 Å². The molecular formula is C20H25N3O. The number of benzene rings is 2. The Bertz CT molecular complexity index is 719. The molecule has 1 aliphatic heterocycles. The summed E-state index contributed by atoms with van der Waals surface area (Å²) >= 11 is 0. The molecule has 126 valence electrons. The fourth-order valence-corrected chi connectivity index (χ4v) is 3.02. The van der Waals surface area contributed by atoms with E-state index >= 15 is 0 Å². The van der Waals surface area contributed by atoms with Crippen molar-refractivity contribution >= 4 is 6.21 Å². The zero-order valence-corrected chi connectivity index (χ0v) is 14.4. The zero-order valence-electron chi connectivity index (χ0n) is 14.4. The summed E-state index contributed by atoms with van der Waals surface area (Å²) in [5, 5.41) is 16.4. The monoisotopic (exact) mass is 323 g/mol. The molecule has 1 fully saturated rings. The number of hydrogen-bond donors (Lipinski definition) is 1. The first-order valence-electron chi connectivity index (χ1n) is 8.47. The van der Waals surface area contributed by atoms with Gasteiger partial charge in [-0.1, -0.05) is 35.9 Å². The molecule has 1 saturated heterocycles. The fourth-order valence-electron chi connectivity index (χ4n) is 3.02. The summed E-state index contributed by atoms with van der Waals surface area (Å²) in [5.41, 5.74) is 4.86. The normalized spacial score (nSPS) is 16.0. The van der Waals surface area contributed by atoms with Crippen molar-refractivity contribution in [2.45, 2.75) is 20.4 Å². The number of para-hydroxylation sites is 1. The Hall–Kier alpha value is -2.33. The number of rotatable bonds is 4. The molecule has 0 bridgehead atoms. The first-order valence-corrected chi connectivity index (χ1v) is 8.47. The number of piperazine rings is 1. The molecule has 2 aromatic rings. The molecule has 0 aromatic heterocycles. The maximum absolute atomic E-state index is 9.77. The highest BCUT2D eigenvalue weighted by molar-refractivity contribution is 5.82. The minimum atomic E-state index is 0.273. The summed E-state index contributed by atoms with van der Waals surface area (Å²) in [4.78, 5) is 2.48. The highest BCUT2D eigenvalue weighted by atomic mass is 16.3. The van der Waals surface area contributed by atoms with Gasteiger partial charge in [0.2, 0.25) is 0 Å². The van der Waals surface area contributed by atoms with Crippen LogP contribution in [0.4, 0.5) is 0 Å². The molecule has 1 N–H and O–H groups in total. The second kappa shape index (κ2) is 7.49. The highest BCUT2D eigenvalue weighted by Crippen LogP contribution is 2.16. The first kappa shape index (κ1) is 16.5. The molecule has 0 amide bonds. The summed E-state index contributed by atoms with van der Waals surface area (Å²) in [5.74, 6) is 0.273. The van der Waals surface area contributed by atoms with E-state index in [0.717, 1.165) is 38.3 Å². The highest BCUT2D eigenvalue weighted by Gasteiger charge is 2.16. The summed E-state index contributed by atoms with van der Waals surface area (Å²) in [6, 6.07) is 14.0. The molecule has 4 heteroatoms. The lowest BCUT2D eigenvalue weighted by molar-refractivity contribution is 0.131. The predicted molar refractivity (Wildman–Crippen MR) is 98.5 cm³/mol. The van der Waals surface area contributed by atoms with Gasteiger partial charge in [0.15, 0.2) is 0 Å². The number of phenols is 1. The van der Waals surface area contributed by atoms with E-state index in [0.29, 0.717) is 0 Å². The van der Waals surface area contributed by atoms with E-state index in [4.69, 9.17) is 0 Å². The third kappa shape index (κ3) is 4.15. The maximum Gasteiger partial charge on any atom is 0.124 e. The Morgan fingerprint density at radius 2 is 1.79 bits per heavy atom. The number of aromatic hydroxyl groups is 1. The van der Waals surface area contributed by atoms with Crippen molar-refractivity contribution in [1.82, 2.24) is 9.91 Å². The van der Waals surface area contributed by atoms with E-state index in [-0.39, 0.29) is 5.75 Å². The topological polar surface area (TPSA) is 39.1 Å². The number of hydrazone groups is 1. The van der Waals surface area contributed by atoms with Gasteiger partial charge in [0.25, 0.3) is 0 Å². The van der Waals surface area contributed by atoms with Crippen LogP contribution in [0.2, 0.25) is 0 Å². The number of nitrogens with zero attached hydrogens (tertiary/aromatic N) is 3. The molecule has 0 spiro atoms. The standard InChI is InChI=1S/C20H25N3O/c1-16-7-8-19(17(2)13-16)15-22-9-11-23(12-10-22)21-14-18-5-3-4-6-20(18)24/h3-8,13-14,24H,9-12,15H2,1-2H3/b21-14-. The van der Waals surface area contributed by atoms with Crippen LogP contribution in [-0.2, 0) is 6.54 Å². The lowest BCUT2D eigenvalue weighted by Gasteiger charge is -2.33. The number of phenolic OH excluding ortho intramolecular Hbond substituents is 1. The maximum atomic E-state index is 9.77. The molecule has 2 aromatic carbocycles. The van der Waals surface area contributed by atoms with Crippen LogP contribution in [-0.4, -0.2) is 47.4 Å². The van der Waals surface area contributed by atoms with Crippen LogP contribution in [0.15, 0.2) is 47.6 Å². The Morgan fingerprint density at radius 1 is 1.04 bits per heavy atom. The molecule has 0 unspecified atom stereocenters. The summed E-state index contributed by atoms with van der Waals surface area (Å²) < 4.78 is 0. The molecule has 24 heavy (non-hydrogen) atoms. The van der Waals surface area contributed by atoms with E-state index < -0.39 is 0 Å². The quantitative estimate of drug-likeness (QED) is 0.879. The molecule has 4 nitrogen and oxygen atoms in total. The van der Waals surface area contributed by atoms with Gasteiger partial charge in [-0.15, -0.1) is 0 Å². The van der Waals surface area contributed by atoms with Gasteiger partial charge in [0.05, 0.1) is 6.21 Å². The number of aryl methyl sites for hydroxylation is 2. The SMILES string of the molecule is Cc1ccc(CN2CCN(/N=C\c3ccccc3O)CC2)c(C)c1. The smallest absolute Gasteiger partial charge is 0.124 e. The predicted octanol–water partition coefficient (Wildman–Crippen LogP) is 3.16. The Morgan fingerprint density at radius 3 is 2.50 bits per heavy atom. The molecular weight excluding hydrogens is 298 g/mol. The van der Waals surface area contributed by atoms with Crippen molar-refractivity contribution in [1.29, 1.82) is 0 Å². The Labute approximate surface area is 144 Å². The third-order valence-corrected chi connectivity index (χ3v) is 4.54. The number of hydrogen-bond acceptors (Lipinski definition) is 4. The Kier molecular flexibility index (Phi) is 5.16. The molecule has 0 atom stereocenters. The van der Waals surface area contributed by atoms with Gasteiger partial charge in [-0.2, -0.15) is 5.10 Å². The lowest BCUT2D eigenvalue weighted by Crippen LogP contribution is -2.43. The molecule has 0 radical (unpaired) electrons. The first-order chi connectivity index (χ1) is 11.6. The van der Waals surface area contributed by atoms with Crippen molar-refractivity contribution in [2.24, 2.45) is 5.10 Å². The third-order valence-electron chi connectivity index (χ3n) is 4.54. The van der Waals surface area contributed by atoms with Gasteiger partial charge in [0.1, 0.15) is 5.75 Å². The largest absolute Gasteiger partial charge is 0.507 e. The minimum Gasteiger partial charge on any atom is -0.507 e. The average Bonchev–Trinajstić information content (AvgIpc) is 2.58. The van der Waals surface area contributed by atoms with Crippen molar-refractivity contribution in [3.8, 4) is 5.75 Å². The van der Waals surface area contributed by atoms with Gasteiger partial charge in [-0.25, -0.2) is 0 Å². The van der Waals surface area contributed by atoms with E-state index in [1.807, 2.05) is 18.2 Å². The summed E-state index contributed by atoms with van der Waals surface area (Å²) in [6.45, 7) is 9.16. The molecule has 0 saturated carbocycles. The van der Waals surface area contributed by atoms with E-state index in [1.54, 1.807) is 12.3 Å². The van der Waals surface area contributed by atoms with E-state index in [1.165, 1.54) is 16.7 Å². The van der Waals surface area contributed by atoms with Crippen molar-refractivity contribution in [3.63, 3.8) is 0 Å². The van der Waals surface area contributed by atoms with Crippen molar-refractivity contribution in [2.75, 3.05) is 26.2 Å². The van der Waals surface area contributed by atoms with Gasteiger partial charge < -0.3 is 5.11 Å². The molecule has 1 aliphatic rings. The van der Waals surface area contributed by atoms with Crippen LogP contribution >= 0.6 is 0 Å². The fraction of sp³-hybridized carbons (Fsp3) is 0.350. The van der Waals surface area contributed by atoms with Crippen LogP contribution in [0, 0.1) is 13.8 Å². The zero-order chi connectivity index (χ0) is 16.9. The van der Waals surface area contributed by atoms with E-state index in [9.17, 15) is 5.11 Å². The van der Waals surface area contributed by atoms with Gasteiger partial charge in [0, 0.05) is 38.3 Å². The second-order valence-corrected chi connectivity index (χ2v) is 6.46. The van der Waals surface area contributed by atoms with Crippen LogP contribution in [0.1, 0.15) is 22.3 Å². The Balaban J connectivity index is 1.53. The van der Waals surface area contributed by atoms with Gasteiger partial charge in [-0.3, -0.25) is 9.91 Å². The second-order valence-electron chi connectivity index (χ2n) is 6.46. The lowest BCUT2D eigenvalue weighted by atomic mass is 10.1.